The van der Waals surface area contributed by atoms with Crippen LogP contribution in [0.3, 0.4) is 0 Å². The number of nitrogens with zero attached hydrogens (tertiary/aromatic N) is 5. The zero-order valence-corrected chi connectivity index (χ0v) is 20.1. The number of alkyl halides is 2. The van der Waals surface area contributed by atoms with Crippen molar-refractivity contribution in [2.45, 2.75) is 49.5 Å². The minimum atomic E-state index is -3.80. The molecule has 6 rings (SSSR count). The molecule has 0 unspecified atom stereocenters. The van der Waals surface area contributed by atoms with E-state index in [1.54, 1.807) is 12.3 Å². The van der Waals surface area contributed by atoms with Gasteiger partial charge in [-0.3, -0.25) is 0 Å². The van der Waals surface area contributed by atoms with Crippen molar-refractivity contribution in [1.29, 1.82) is 0 Å². The monoisotopic (exact) mass is 510 g/mol. The zero-order chi connectivity index (χ0) is 23.7. The number of hydrogen-bond acceptors (Lipinski definition) is 8. The van der Waals surface area contributed by atoms with E-state index in [4.69, 9.17) is 4.74 Å². The number of halogens is 2. The quantitative estimate of drug-likeness (QED) is 0.543. The molecule has 3 fully saturated rings. The van der Waals surface area contributed by atoms with Crippen LogP contribution in [0.15, 0.2) is 23.2 Å². The van der Waals surface area contributed by atoms with E-state index in [2.05, 4.69) is 24.9 Å². The first kappa shape index (κ1) is 22.3. The first-order chi connectivity index (χ1) is 16.2. The van der Waals surface area contributed by atoms with Crippen LogP contribution < -0.4 is 9.62 Å². The van der Waals surface area contributed by atoms with Crippen LogP contribution in [0, 0.1) is 5.41 Å². The predicted molar refractivity (Wildman–Crippen MR) is 122 cm³/mol. The van der Waals surface area contributed by atoms with Crippen LogP contribution in [0.1, 0.15) is 44.0 Å². The smallest absolute Gasteiger partial charge is 0.291 e. The number of benzene rings is 1. The number of aromatic nitrogens is 4. The van der Waals surface area contributed by atoms with Crippen molar-refractivity contribution in [2.75, 3.05) is 31.2 Å². The molecule has 34 heavy (non-hydrogen) atoms. The SMILES string of the molecule is CC1(NS(=O)(=O)c2cc(N3CCC4(CC3)COC4)c3cnn(-c4nnc(C(F)F)s4)c3c2)CC1. The van der Waals surface area contributed by atoms with Crippen LogP contribution in [0.5, 0.6) is 0 Å². The zero-order valence-electron chi connectivity index (χ0n) is 18.5. The average molecular weight is 511 g/mol. The van der Waals surface area contributed by atoms with E-state index in [-0.39, 0.29) is 15.4 Å². The van der Waals surface area contributed by atoms with Crippen molar-refractivity contribution >= 4 is 38.0 Å². The highest BCUT2D eigenvalue weighted by Gasteiger charge is 2.43. The number of piperidine rings is 1. The summed E-state index contributed by atoms with van der Waals surface area (Å²) in [5.41, 5.74) is 1.05. The van der Waals surface area contributed by atoms with E-state index < -0.39 is 27.0 Å². The van der Waals surface area contributed by atoms with Gasteiger partial charge in [0.25, 0.3) is 6.43 Å². The standard InChI is InChI=1S/C21H24F2N6O3S2/c1-20(2-3-20)27-34(30,31)13-8-15(28-6-4-21(5-7-28)11-32-12-21)14-10-24-29(16(14)9-13)19-26-25-18(33-19)17(22)23/h8-10,17,27H,2-7,11-12H2,1H3. The predicted octanol–water partition coefficient (Wildman–Crippen LogP) is 3.26. The first-order valence-corrected chi connectivity index (χ1v) is 13.5. The number of anilines is 1. The number of nitrogens with one attached hydrogen (secondary N) is 1. The van der Waals surface area contributed by atoms with E-state index in [9.17, 15) is 17.2 Å². The molecular weight excluding hydrogens is 486 g/mol. The van der Waals surface area contributed by atoms with Gasteiger partial charge in [0.1, 0.15) is 0 Å². The molecule has 3 aliphatic rings. The lowest BCUT2D eigenvalue weighted by atomic mass is 9.76. The van der Waals surface area contributed by atoms with Crippen molar-refractivity contribution in [3.8, 4) is 5.13 Å². The second-order valence-electron chi connectivity index (χ2n) is 9.80. The minimum Gasteiger partial charge on any atom is -0.380 e. The molecule has 1 aromatic carbocycles. The Morgan fingerprint density at radius 2 is 1.88 bits per heavy atom. The lowest BCUT2D eigenvalue weighted by Crippen LogP contribution is -2.51. The third-order valence-corrected chi connectivity index (χ3v) is 9.63. The van der Waals surface area contributed by atoms with Crippen molar-refractivity contribution in [1.82, 2.24) is 24.7 Å². The lowest BCUT2D eigenvalue weighted by Gasteiger charge is -2.48. The van der Waals surface area contributed by atoms with E-state index in [1.165, 1.54) is 10.7 Å². The van der Waals surface area contributed by atoms with Gasteiger partial charge in [-0.25, -0.2) is 26.6 Å². The Bertz CT molecular complexity index is 1350. The average Bonchev–Trinajstić information content (AvgIpc) is 3.18. The van der Waals surface area contributed by atoms with Crippen molar-refractivity contribution < 1.29 is 21.9 Å². The highest BCUT2D eigenvalue weighted by molar-refractivity contribution is 7.89. The van der Waals surface area contributed by atoms with E-state index in [0.717, 1.165) is 74.4 Å². The molecule has 182 valence electrons. The van der Waals surface area contributed by atoms with E-state index >= 15 is 0 Å². The van der Waals surface area contributed by atoms with Gasteiger partial charge in [-0.05, 0) is 44.7 Å². The van der Waals surface area contributed by atoms with Crippen LogP contribution >= 0.6 is 11.3 Å². The van der Waals surface area contributed by atoms with Gasteiger partial charge < -0.3 is 9.64 Å². The molecule has 3 aromatic rings. The fourth-order valence-electron chi connectivity index (χ4n) is 4.63. The van der Waals surface area contributed by atoms with Gasteiger partial charge in [0, 0.05) is 35.1 Å². The van der Waals surface area contributed by atoms with E-state index in [1.807, 2.05) is 6.92 Å². The highest BCUT2D eigenvalue weighted by Crippen LogP contribution is 2.42. The Hall–Kier alpha value is -2.22. The molecule has 0 radical (unpaired) electrons. The van der Waals surface area contributed by atoms with Gasteiger partial charge in [-0.15, -0.1) is 10.2 Å². The van der Waals surface area contributed by atoms with Gasteiger partial charge in [-0.2, -0.15) is 5.10 Å². The Balaban J connectivity index is 1.45. The summed E-state index contributed by atoms with van der Waals surface area (Å²) in [6.07, 6.45) is 2.40. The fraction of sp³-hybridized carbons (Fsp3) is 0.571. The summed E-state index contributed by atoms with van der Waals surface area (Å²) < 4.78 is 62.4. The molecular formula is C21H24F2N6O3S2. The number of ether oxygens (including phenoxy) is 1. The Labute approximate surface area is 199 Å². The van der Waals surface area contributed by atoms with Crippen LogP contribution in [-0.2, 0) is 14.8 Å². The lowest BCUT2D eigenvalue weighted by molar-refractivity contribution is -0.124. The number of hydrogen-bond donors (Lipinski definition) is 1. The van der Waals surface area contributed by atoms with Crippen LogP contribution in [0.2, 0.25) is 0 Å². The topological polar surface area (TPSA) is 102 Å². The number of fused-ring (bicyclic) bond motifs is 1. The summed E-state index contributed by atoms with van der Waals surface area (Å²) in [5.74, 6) is 0. The maximum Gasteiger partial charge on any atom is 0.291 e. The minimum absolute atomic E-state index is 0.121. The molecule has 2 aliphatic heterocycles. The second-order valence-corrected chi connectivity index (χ2v) is 12.5. The summed E-state index contributed by atoms with van der Waals surface area (Å²) in [6, 6.07) is 3.23. The van der Waals surface area contributed by atoms with Crippen LogP contribution in [0.4, 0.5) is 14.5 Å². The summed E-state index contributed by atoms with van der Waals surface area (Å²) in [4.78, 5) is 2.30. The van der Waals surface area contributed by atoms with Gasteiger partial charge in [0.2, 0.25) is 15.2 Å². The van der Waals surface area contributed by atoms with Gasteiger partial charge in [0.05, 0.1) is 29.8 Å². The van der Waals surface area contributed by atoms with Gasteiger partial charge in [-0.1, -0.05) is 11.3 Å². The van der Waals surface area contributed by atoms with Crippen LogP contribution in [-0.4, -0.2) is 60.2 Å². The third-order valence-electron chi connectivity index (χ3n) is 7.11. The maximum absolute atomic E-state index is 13.3. The van der Waals surface area contributed by atoms with Crippen molar-refractivity contribution in [3.63, 3.8) is 0 Å². The Kier molecular flexibility index (Phi) is 5.00. The summed E-state index contributed by atoms with van der Waals surface area (Å²) in [5, 5.41) is 12.3. The molecule has 0 atom stereocenters. The Morgan fingerprint density at radius 1 is 1.15 bits per heavy atom. The molecule has 9 nitrogen and oxygen atoms in total. The number of sulfonamides is 1. The van der Waals surface area contributed by atoms with Gasteiger partial charge >= 0.3 is 0 Å². The molecule has 1 saturated carbocycles. The molecule has 1 N–H and O–H groups in total. The maximum atomic E-state index is 13.3. The van der Waals surface area contributed by atoms with Gasteiger partial charge in [0.15, 0.2) is 5.01 Å². The molecule has 4 heterocycles. The summed E-state index contributed by atoms with van der Waals surface area (Å²) in [7, 11) is -3.80. The van der Waals surface area contributed by atoms with Crippen molar-refractivity contribution in [3.05, 3.63) is 23.3 Å². The Morgan fingerprint density at radius 3 is 2.47 bits per heavy atom. The molecule has 0 amide bonds. The molecule has 1 spiro atoms. The normalized spacial score (nSPS) is 21.4. The van der Waals surface area contributed by atoms with E-state index in [0.29, 0.717) is 5.52 Å². The summed E-state index contributed by atoms with van der Waals surface area (Å²) in [6.45, 7) is 4.97. The molecule has 2 saturated heterocycles. The third kappa shape index (κ3) is 3.78. The largest absolute Gasteiger partial charge is 0.380 e. The molecule has 2 aromatic heterocycles. The highest BCUT2D eigenvalue weighted by atomic mass is 32.2. The fourth-order valence-corrected chi connectivity index (χ4v) is 6.80. The number of rotatable bonds is 6. The first-order valence-electron chi connectivity index (χ1n) is 11.2. The molecule has 13 heteroatoms. The van der Waals surface area contributed by atoms with Crippen molar-refractivity contribution in [2.24, 2.45) is 5.41 Å². The molecule has 0 bridgehead atoms. The summed E-state index contributed by atoms with van der Waals surface area (Å²) >= 11 is 0.734. The van der Waals surface area contributed by atoms with Crippen LogP contribution in [0.25, 0.3) is 16.0 Å². The molecule has 1 aliphatic carbocycles. The second kappa shape index (κ2) is 7.64.